The minimum absolute atomic E-state index is 0. The Kier molecular flexibility index (Phi) is 5.82. The molecule has 7 nitrogen and oxygen atoms in total. The summed E-state index contributed by atoms with van der Waals surface area (Å²) in [4.78, 5) is 13.1. The predicted molar refractivity (Wildman–Crippen MR) is 118 cm³/mol. The monoisotopic (exact) mass is 428 g/mol. The number of aromatic nitrogens is 5. The van der Waals surface area contributed by atoms with Crippen molar-refractivity contribution in [1.82, 2.24) is 30.5 Å². The molecule has 6 rings (SSSR count). The van der Waals surface area contributed by atoms with E-state index in [-0.39, 0.29) is 13.3 Å². The molecule has 3 fully saturated rings. The molecule has 0 radical (unpaired) electrons. The summed E-state index contributed by atoms with van der Waals surface area (Å²) in [5.41, 5.74) is 1.88. The van der Waals surface area contributed by atoms with Gasteiger partial charge in [0.15, 0.2) is 5.82 Å². The third kappa shape index (κ3) is 3.83. The van der Waals surface area contributed by atoms with Gasteiger partial charge in [0.25, 0.3) is 5.91 Å². The first kappa shape index (κ1) is 20.8. The number of aryl methyl sites for hydroxylation is 2. The van der Waals surface area contributed by atoms with Crippen molar-refractivity contribution in [1.29, 1.82) is 0 Å². The number of aromatic amines is 1. The van der Waals surface area contributed by atoms with Crippen LogP contribution in [-0.4, -0.2) is 37.6 Å². The molecule has 2 N–H and O–H groups in total. The van der Waals surface area contributed by atoms with Gasteiger partial charge in [-0.25, -0.2) is 0 Å². The molecular formula is C22H29ClN6O. The lowest BCUT2D eigenvalue weighted by Crippen LogP contribution is -2.43. The van der Waals surface area contributed by atoms with Crippen LogP contribution in [0.5, 0.6) is 0 Å². The Labute approximate surface area is 181 Å². The second kappa shape index (κ2) is 8.38. The standard InChI is InChI=1S/C21H25ClN6O.CH4/c22-16-2-1-3-17-19(16)15(12-28(17)11-7-18-24-26-27-25-18)20(29)23-13-21-8-4-14(5-9-21)6-10-21;/h1-3,12,14H,4-11,13H2,(H,23,29)(H,24,25,26,27);1H4. The number of H-pyrrole nitrogens is 1. The lowest BCUT2D eigenvalue weighted by Gasteiger charge is -2.46. The van der Waals surface area contributed by atoms with Crippen molar-refractivity contribution in [3.8, 4) is 0 Å². The first-order chi connectivity index (χ1) is 14.1. The minimum Gasteiger partial charge on any atom is -0.351 e. The Morgan fingerprint density at radius 3 is 2.73 bits per heavy atom. The maximum atomic E-state index is 13.1. The fraction of sp³-hybridized carbons (Fsp3) is 0.545. The summed E-state index contributed by atoms with van der Waals surface area (Å²) in [5, 5.41) is 18.7. The number of nitrogens with zero attached hydrogens (tertiary/aromatic N) is 4. The van der Waals surface area contributed by atoms with Gasteiger partial charge in [0.1, 0.15) is 0 Å². The Hall–Kier alpha value is -2.41. The average molecular weight is 429 g/mol. The molecular weight excluding hydrogens is 400 g/mol. The molecule has 2 bridgehead atoms. The Morgan fingerprint density at radius 2 is 2.03 bits per heavy atom. The highest BCUT2D eigenvalue weighted by Crippen LogP contribution is 2.49. The van der Waals surface area contributed by atoms with Crippen LogP contribution in [-0.2, 0) is 13.0 Å². The first-order valence-corrected chi connectivity index (χ1v) is 10.8. The van der Waals surface area contributed by atoms with E-state index in [0.717, 1.165) is 23.4 Å². The fourth-order valence-electron chi connectivity index (χ4n) is 5.14. The number of fused-ring (bicyclic) bond motifs is 4. The molecule has 0 aliphatic heterocycles. The first-order valence-electron chi connectivity index (χ1n) is 10.4. The van der Waals surface area contributed by atoms with Gasteiger partial charge in [-0.15, -0.1) is 10.2 Å². The summed E-state index contributed by atoms with van der Waals surface area (Å²) in [6.07, 6.45) is 10.2. The Morgan fingerprint density at radius 1 is 1.27 bits per heavy atom. The number of carbonyl (C=O) groups excluding carboxylic acids is 1. The van der Waals surface area contributed by atoms with Gasteiger partial charge in [-0.2, -0.15) is 5.21 Å². The molecule has 0 unspecified atom stereocenters. The normalized spacial score (nSPS) is 22.8. The Bertz CT molecular complexity index is 1010. The molecule has 3 saturated carbocycles. The smallest absolute Gasteiger partial charge is 0.253 e. The molecule has 3 aromatic rings. The third-order valence-electron chi connectivity index (χ3n) is 6.94. The van der Waals surface area contributed by atoms with Gasteiger partial charge >= 0.3 is 0 Å². The summed E-state index contributed by atoms with van der Waals surface area (Å²) in [7, 11) is 0. The highest BCUT2D eigenvalue weighted by atomic mass is 35.5. The molecule has 3 aliphatic carbocycles. The van der Waals surface area contributed by atoms with E-state index < -0.39 is 0 Å². The molecule has 8 heteroatoms. The van der Waals surface area contributed by atoms with Gasteiger partial charge in [0, 0.05) is 31.1 Å². The molecule has 30 heavy (non-hydrogen) atoms. The number of tetrazole rings is 1. The van der Waals surface area contributed by atoms with Crippen molar-refractivity contribution >= 4 is 28.4 Å². The van der Waals surface area contributed by atoms with Crippen molar-refractivity contribution in [2.75, 3.05) is 6.54 Å². The second-order valence-corrected chi connectivity index (χ2v) is 9.02. The second-order valence-electron chi connectivity index (χ2n) is 8.61. The molecule has 0 saturated heterocycles. The lowest BCUT2D eigenvalue weighted by molar-refractivity contribution is 0.0598. The van der Waals surface area contributed by atoms with Gasteiger partial charge in [-0.3, -0.25) is 4.79 Å². The van der Waals surface area contributed by atoms with E-state index in [1.165, 1.54) is 38.5 Å². The maximum Gasteiger partial charge on any atom is 0.253 e. The summed E-state index contributed by atoms with van der Waals surface area (Å²) < 4.78 is 2.05. The largest absolute Gasteiger partial charge is 0.351 e. The number of amides is 1. The summed E-state index contributed by atoms with van der Waals surface area (Å²) >= 11 is 6.50. The van der Waals surface area contributed by atoms with E-state index in [4.69, 9.17) is 11.6 Å². The van der Waals surface area contributed by atoms with Crippen molar-refractivity contribution in [3.05, 3.63) is 40.8 Å². The van der Waals surface area contributed by atoms with E-state index in [0.29, 0.717) is 34.8 Å². The van der Waals surface area contributed by atoms with Crippen molar-refractivity contribution in [2.24, 2.45) is 11.3 Å². The van der Waals surface area contributed by atoms with E-state index in [2.05, 4.69) is 30.5 Å². The predicted octanol–water partition coefficient (Wildman–Crippen LogP) is 4.39. The number of hydrogen-bond acceptors (Lipinski definition) is 4. The summed E-state index contributed by atoms with van der Waals surface area (Å²) in [6.45, 7) is 1.41. The molecule has 1 aromatic carbocycles. The highest BCUT2D eigenvalue weighted by Gasteiger charge is 2.40. The van der Waals surface area contributed by atoms with Crippen LogP contribution in [0.15, 0.2) is 24.4 Å². The van der Waals surface area contributed by atoms with E-state index >= 15 is 0 Å². The minimum atomic E-state index is -0.0384. The quantitative estimate of drug-likeness (QED) is 0.609. The van der Waals surface area contributed by atoms with Gasteiger partial charge in [-0.05, 0) is 62.0 Å². The number of hydrogen-bond donors (Lipinski definition) is 2. The molecule has 3 aliphatic rings. The van der Waals surface area contributed by atoms with Crippen molar-refractivity contribution < 1.29 is 4.79 Å². The fourth-order valence-corrected chi connectivity index (χ4v) is 5.41. The van der Waals surface area contributed by atoms with Crippen LogP contribution in [0, 0.1) is 11.3 Å². The average Bonchev–Trinajstić information content (AvgIpc) is 3.40. The van der Waals surface area contributed by atoms with Crippen LogP contribution in [0.1, 0.15) is 62.1 Å². The van der Waals surface area contributed by atoms with E-state index in [1.807, 2.05) is 24.4 Å². The van der Waals surface area contributed by atoms with Crippen molar-refractivity contribution in [3.63, 3.8) is 0 Å². The molecule has 0 spiro atoms. The van der Waals surface area contributed by atoms with Gasteiger partial charge in [0.2, 0.25) is 0 Å². The van der Waals surface area contributed by atoms with Gasteiger partial charge in [0.05, 0.1) is 16.1 Å². The van der Waals surface area contributed by atoms with Crippen LogP contribution in [0.4, 0.5) is 0 Å². The van der Waals surface area contributed by atoms with Crippen LogP contribution >= 0.6 is 11.6 Å². The number of rotatable bonds is 6. The zero-order valence-electron chi connectivity index (χ0n) is 16.3. The molecule has 1 amide bonds. The molecule has 2 aromatic heterocycles. The number of nitrogens with one attached hydrogen (secondary N) is 2. The van der Waals surface area contributed by atoms with Crippen LogP contribution in [0.3, 0.4) is 0 Å². The number of carbonyl (C=O) groups is 1. The van der Waals surface area contributed by atoms with Crippen LogP contribution in [0.25, 0.3) is 10.9 Å². The summed E-state index contributed by atoms with van der Waals surface area (Å²) in [6, 6.07) is 5.75. The van der Waals surface area contributed by atoms with Crippen molar-refractivity contribution in [2.45, 2.75) is 58.9 Å². The number of halogens is 1. The topological polar surface area (TPSA) is 88.5 Å². The van der Waals surface area contributed by atoms with Gasteiger partial charge in [-0.1, -0.05) is 30.3 Å². The van der Waals surface area contributed by atoms with E-state index in [1.54, 1.807) is 0 Å². The molecule has 160 valence electrons. The van der Waals surface area contributed by atoms with Crippen LogP contribution in [0.2, 0.25) is 5.02 Å². The zero-order valence-corrected chi connectivity index (χ0v) is 17.1. The number of benzene rings is 1. The van der Waals surface area contributed by atoms with Gasteiger partial charge < -0.3 is 9.88 Å². The molecule has 0 atom stereocenters. The maximum absolute atomic E-state index is 13.1. The van der Waals surface area contributed by atoms with Crippen LogP contribution < -0.4 is 5.32 Å². The SMILES string of the molecule is C.O=C(NCC12CCC(CC1)CC2)c1cn(CCc2nn[nH]n2)c2cccc(Cl)c12. The highest BCUT2D eigenvalue weighted by molar-refractivity contribution is 6.36. The third-order valence-corrected chi connectivity index (χ3v) is 7.25. The molecule has 2 heterocycles. The zero-order chi connectivity index (χ0) is 19.8. The summed E-state index contributed by atoms with van der Waals surface area (Å²) in [5.74, 6) is 1.53. The Balaban J connectivity index is 0.00000218. The lowest BCUT2D eigenvalue weighted by atomic mass is 9.61. The van der Waals surface area contributed by atoms with E-state index in [9.17, 15) is 4.79 Å².